The van der Waals surface area contributed by atoms with Crippen molar-refractivity contribution in [1.82, 2.24) is 0 Å². The van der Waals surface area contributed by atoms with Gasteiger partial charge in [-0.3, -0.25) is 0 Å². The van der Waals surface area contributed by atoms with Crippen molar-refractivity contribution in [3.05, 3.63) is 53.1 Å². The fraction of sp³-hybridized carbons (Fsp3) is 0.400. The Kier molecular flexibility index (Phi) is 11.3. The Morgan fingerprint density at radius 3 is 0.700 bits per heavy atom. The molecule has 3 aromatic carbocycles. The maximum Gasteiger partial charge on any atom is 0.129 e. The highest BCUT2D eigenvalue weighted by Gasteiger charge is 2.25. The third-order valence-electron chi connectivity index (χ3n) is 6.60. The van der Waals surface area contributed by atoms with E-state index in [2.05, 4.69) is 0 Å². The maximum atomic E-state index is 5.79. The number of methoxy groups -OCH3 is 9. The Balaban J connectivity index is 2.19. The SMILES string of the molecule is COc1cc(OC)c(CP(Cc2c(OC)cc(OC)cc2OC)Cc2c(OC)cc(OC)cc2OC)c(OC)c1. The lowest BCUT2D eigenvalue weighted by molar-refractivity contribution is 0.370. The Labute approximate surface area is 237 Å². The molecule has 0 saturated heterocycles. The van der Waals surface area contributed by atoms with Crippen LogP contribution in [-0.2, 0) is 18.5 Å². The van der Waals surface area contributed by atoms with Gasteiger partial charge in [0.2, 0.25) is 0 Å². The molecule has 0 fully saturated rings. The number of hydrogen-bond acceptors (Lipinski definition) is 9. The molecule has 0 N–H and O–H groups in total. The third-order valence-corrected chi connectivity index (χ3v) is 8.89. The highest BCUT2D eigenvalue weighted by molar-refractivity contribution is 7.55. The lowest BCUT2D eigenvalue weighted by Gasteiger charge is -2.25. The van der Waals surface area contributed by atoms with Gasteiger partial charge in [0, 0.05) is 71.6 Å². The molecular formula is C30H39O9P. The second-order valence-corrected chi connectivity index (χ2v) is 11.0. The standard InChI is InChI=1S/C30H39O9P/c1-31-19-10-25(34-4)22(26(11-19)35-5)16-40(17-23-27(36-6)12-20(32-2)13-28(23)37-7)18-24-29(38-8)14-21(33-3)15-30(24)39-9/h10-15H,16-18H2,1-9H3. The minimum Gasteiger partial charge on any atom is -0.496 e. The van der Waals surface area contributed by atoms with E-state index >= 15 is 0 Å². The zero-order chi connectivity index (χ0) is 29.2. The van der Waals surface area contributed by atoms with E-state index in [4.69, 9.17) is 42.6 Å². The summed E-state index contributed by atoms with van der Waals surface area (Å²) in [6.45, 7) is 0. The van der Waals surface area contributed by atoms with Gasteiger partial charge in [-0.1, -0.05) is 7.92 Å². The number of rotatable bonds is 15. The monoisotopic (exact) mass is 574 g/mol. The summed E-state index contributed by atoms with van der Waals surface area (Å²) in [5, 5.41) is 0. The molecule has 0 unspecified atom stereocenters. The van der Waals surface area contributed by atoms with Gasteiger partial charge in [-0.25, -0.2) is 0 Å². The summed E-state index contributed by atoms with van der Waals surface area (Å²) in [6, 6.07) is 11.2. The summed E-state index contributed by atoms with van der Waals surface area (Å²) in [4.78, 5) is 0. The molecule has 0 aliphatic heterocycles. The molecule has 0 heterocycles. The smallest absolute Gasteiger partial charge is 0.129 e. The Bertz CT molecular complexity index is 1050. The van der Waals surface area contributed by atoms with Crippen molar-refractivity contribution >= 4 is 7.92 Å². The van der Waals surface area contributed by atoms with Crippen molar-refractivity contribution in [3.63, 3.8) is 0 Å². The van der Waals surface area contributed by atoms with Crippen molar-refractivity contribution in [3.8, 4) is 51.7 Å². The molecule has 40 heavy (non-hydrogen) atoms. The zero-order valence-electron chi connectivity index (χ0n) is 24.7. The van der Waals surface area contributed by atoms with E-state index < -0.39 is 7.92 Å². The highest BCUT2D eigenvalue weighted by Crippen LogP contribution is 2.55. The van der Waals surface area contributed by atoms with Gasteiger partial charge in [-0.05, 0) is 0 Å². The van der Waals surface area contributed by atoms with E-state index in [9.17, 15) is 0 Å². The second kappa shape index (κ2) is 14.6. The van der Waals surface area contributed by atoms with Crippen LogP contribution in [-0.4, -0.2) is 64.0 Å². The molecular weight excluding hydrogens is 535 g/mol. The average Bonchev–Trinajstić information content (AvgIpc) is 3.00. The molecule has 0 spiro atoms. The molecule has 0 aliphatic rings. The van der Waals surface area contributed by atoms with Gasteiger partial charge in [0.15, 0.2) is 0 Å². The Hall–Kier alpha value is -3.71. The second-order valence-electron chi connectivity index (χ2n) is 8.68. The van der Waals surface area contributed by atoms with E-state index in [1.54, 1.807) is 64.0 Å². The summed E-state index contributed by atoms with van der Waals surface area (Å²) in [7, 11) is 13.8. The molecule has 0 atom stereocenters. The van der Waals surface area contributed by atoms with Crippen LogP contribution in [0.4, 0.5) is 0 Å². The number of ether oxygens (including phenoxy) is 9. The fourth-order valence-corrected chi connectivity index (χ4v) is 7.15. The number of benzene rings is 3. The van der Waals surface area contributed by atoms with Crippen LogP contribution in [0.5, 0.6) is 51.7 Å². The van der Waals surface area contributed by atoms with E-state index in [0.717, 1.165) is 16.7 Å². The molecule has 0 radical (unpaired) electrons. The van der Waals surface area contributed by atoms with Crippen LogP contribution >= 0.6 is 7.92 Å². The van der Waals surface area contributed by atoms with E-state index in [0.29, 0.717) is 70.2 Å². The van der Waals surface area contributed by atoms with Crippen LogP contribution in [0.2, 0.25) is 0 Å². The van der Waals surface area contributed by atoms with Gasteiger partial charge in [0.05, 0.1) is 64.0 Å². The van der Waals surface area contributed by atoms with Crippen LogP contribution < -0.4 is 42.6 Å². The Morgan fingerprint density at radius 2 is 0.550 bits per heavy atom. The van der Waals surface area contributed by atoms with E-state index in [1.165, 1.54) is 0 Å². The predicted octanol–water partition coefficient (Wildman–Crippen LogP) is 6.15. The largest absolute Gasteiger partial charge is 0.496 e. The quantitative estimate of drug-likeness (QED) is 0.199. The van der Waals surface area contributed by atoms with E-state index in [-0.39, 0.29) is 0 Å². The first-order chi connectivity index (χ1) is 19.4. The maximum absolute atomic E-state index is 5.79. The normalized spacial score (nSPS) is 10.7. The molecule has 218 valence electrons. The van der Waals surface area contributed by atoms with Gasteiger partial charge >= 0.3 is 0 Å². The first-order valence-electron chi connectivity index (χ1n) is 12.5. The van der Waals surface area contributed by atoms with Gasteiger partial charge < -0.3 is 42.6 Å². The predicted molar refractivity (Wildman–Crippen MR) is 156 cm³/mol. The van der Waals surface area contributed by atoms with Gasteiger partial charge in [-0.15, -0.1) is 0 Å². The first kappa shape index (κ1) is 30.8. The van der Waals surface area contributed by atoms with Crippen LogP contribution in [0.1, 0.15) is 16.7 Å². The molecule has 9 nitrogen and oxygen atoms in total. The van der Waals surface area contributed by atoms with Crippen LogP contribution in [0.3, 0.4) is 0 Å². The summed E-state index contributed by atoms with van der Waals surface area (Å²) in [5.41, 5.74) is 2.82. The van der Waals surface area contributed by atoms with Crippen molar-refractivity contribution < 1.29 is 42.6 Å². The molecule has 0 bridgehead atoms. The van der Waals surface area contributed by atoms with Gasteiger partial charge in [0.25, 0.3) is 0 Å². The lowest BCUT2D eigenvalue weighted by Crippen LogP contribution is -2.04. The minimum absolute atomic E-state index is 0.652. The van der Waals surface area contributed by atoms with Crippen LogP contribution in [0, 0.1) is 0 Å². The minimum atomic E-state index is -0.865. The fourth-order valence-electron chi connectivity index (χ4n) is 4.54. The van der Waals surface area contributed by atoms with Gasteiger partial charge in [-0.2, -0.15) is 0 Å². The van der Waals surface area contributed by atoms with Crippen molar-refractivity contribution in [1.29, 1.82) is 0 Å². The molecule has 3 aromatic rings. The number of hydrogen-bond donors (Lipinski definition) is 0. The molecule has 0 aromatic heterocycles. The third kappa shape index (κ3) is 6.89. The topological polar surface area (TPSA) is 83.1 Å². The summed E-state index contributed by atoms with van der Waals surface area (Å²) in [5.74, 6) is 6.07. The average molecular weight is 575 g/mol. The molecule has 10 heteroatoms. The zero-order valence-corrected chi connectivity index (χ0v) is 25.6. The Morgan fingerprint density at radius 1 is 0.350 bits per heavy atom. The van der Waals surface area contributed by atoms with Gasteiger partial charge in [0.1, 0.15) is 51.7 Å². The first-order valence-corrected chi connectivity index (χ1v) is 14.4. The lowest BCUT2D eigenvalue weighted by atomic mass is 10.2. The summed E-state index contributed by atoms with van der Waals surface area (Å²) < 4.78 is 51.2. The van der Waals surface area contributed by atoms with Crippen molar-refractivity contribution in [2.24, 2.45) is 0 Å². The van der Waals surface area contributed by atoms with Crippen molar-refractivity contribution in [2.75, 3.05) is 64.0 Å². The molecule has 3 rings (SSSR count). The van der Waals surface area contributed by atoms with E-state index in [1.807, 2.05) is 36.4 Å². The summed E-state index contributed by atoms with van der Waals surface area (Å²) >= 11 is 0. The molecule has 0 saturated carbocycles. The molecule has 0 amide bonds. The van der Waals surface area contributed by atoms with Crippen LogP contribution in [0.15, 0.2) is 36.4 Å². The molecule has 0 aliphatic carbocycles. The highest BCUT2D eigenvalue weighted by atomic mass is 31.1. The summed E-state index contributed by atoms with van der Waals surface area (Å²) in [6.07, 6.45) is 1.97. The van der Waals surface area contributed by atoms with Crippen LogP contribution in [0.25, 0.3) is 0 Å². The van der Waals surface area contributed by atoms with Crippen molar-refractivity contribution in [2.45, 2.75) is 18.5 Å².